The fourth-order valence-corrected chi connectivity index (χ4v) is 1.98. The molecule has 3 heteroatoms. The molecule has 14 heavy (non-hydrogen) atoms. The van der Waals surface area contributed by atoms with Gasteiger partial charge in [0.2, 0.25) is 0 Å². The summed E-state index contributed by atoms with van der Waals surface area (Å²) in [6.07, 6.45) is 2.50. The maximum absolute atomic E-state index is 4.23. The zero-order chi connectivity index (χ0) is 11.0. The second-order valence-corrected chi connectivity index (χ2v) is 4.62. The highest BCUT2D eigenvalue weighted by Crippen LogP contribution is 2.03. The van der Waals surface area contributed by atoms with Crippen LogP contribution in [-0.2, 0) is 0 Å². The van der Waals surface area contributed by atoms with Crippen molar-refractivity contribution >= 4 is 12.6 Å². The first-order valence-electron chi connectivity index (χ1n) is 5.61. The molecule has 0 rings (SSSR count). The third-order valence-corrected chi connectivity index (χ3v) is 2.83. The lowest BCUT2D eigenvalue weighted by molar-refractivity contribution is 0.179. The molecule has 0 bridgehead atoms. The third-order valence-electron chi connectivity index (χ3n) is 2.51. The van der Waals surface area contributed by atoms with E-state index in [0.29, 0.717) is 6.04 Å². The van der Waals surface area contributed by atoms with E-state index in [1.165, 1.54) is 19.4 Å². The molecule has 2 nitrogen and oxygen atoms in total. The number of hydrogen-bond acceptors (Lipinski definition) is 3. The Morgan fingerprint density at radius 1 is 1.21 bits per heavy atom. The molecule has 0 aromatic rings. The SMILES string of the molecule is CCN(CCCCS)C(C)CN(C)C. The van der Waals surface area contributed by atoms with Crippen molar-refractivity contribution < 1.29 is 0 Å². The summed E-state index contributed by atoms with van der Waals surface area (Å²) in [6, 6.07) is 0.662. The van der Waals surface area contributed by atoms with Gasteiger partial charge < -0.3 is 4.90 Å². The van der Waals surface area contributed by atoms with Crippen molar-refractivity contribution in [3.63, 3.8) is 0 Å². The van der Waals surface area contributed by atoms with Crippen LogP contribution in [0.25, 0.3) is 0 Å². The monoisotopic (exact) mass is 218 g/mol. The fraction of sp³-hybridized carbons (Fsp3) is 1.00. The summed E-state index contributed by atoms with van der Waals surface area (Å²) < 4.78 is 0. The van der Waals surface area contributed by atoms with Crippen LogP contribution >= 0.6 is 12.6 Å². The summed E-state index contributed by atoms with van der Waals surface area (Å²) in [5.74, 6) is 1.01. The van der Waals surface area contributed by atoms with E-state index < -0.39 is 0 Å². The van der Waals surface area contributed by atoms with Crippen LogP contribution in [0.5, 0.6) is 0 Å². The second-order valence-electron chi connectivity index (χ2n) is 4.17. The molecule has 0 aromatic heterocycles. The lowest BCUT2D eigenvalue weighted by atomic mass is 10.2. The third kappa shape index (κ3) is 6.68. The topological polar surface area (TPSA) is 6.48 Å². The minimum atomic E-state index is 0.662. The number of likely N-dealkylation sites (N-methyl/N-ethyl adjacent to an activating group) is 2. The van der Waals surface area contributed by atoms with Gasteiger partial charge in [-0.2, -0.15) is 12.6 Å². The second kappa shape index (κ2) is 8.57. The van der Waals surface area contributed by atoms with E-state index >= 15 is 0 Å². The molecule has 1 unspecified atom stereocenters. The van der Waals surface area contributed by atoms with Crippen LogP contribution in [0.15, 0.2) is 0 Å². The van der Waals surface area contributed by atoms with Crippen molar-refractivity contribution in [3.05, 3.63) is 0 Å². The summed E-state index contributed by atoms with van der Waals surface area (Å²) in [4.78, 5) is 4.80. The van der Waals surface area contributed by atoms with Crippen molar-refractivity contribution in [2.75, 3.05) is 39.5 Å². The van der Waals surface area contributed by atoms with Gasteiger partial charge >= 0.3 is 0 Å². The lowest BCUT2D eigenvalue weighted by Gasteiger charge is -2.29. The Labute approximate surface area is 95.1 Å². The number of unbranched alkanes of at least 4 members (excludes halogenated alkanes) is 1. The Balaban J connectivity index is 3.74. The molecule has 0 saturated heterocycles. The van der Waals surface area contributed by atoms with Crippen molar-refractivity contribution in [1.29, 1.82) is 0 Å². The normalized spacial score (nSPS) is 13.9. The van der Waals surface area contributed by atoms with Crippen LogP contribution in [0.2, 0.25) is 0 Å². The van der Waals surface area contributed by atoms with Gasteiger partial charge in [0.25, 0.3) is 0 Å². The van der Waals surface area contributed by atoms with Gasteiger partial charge in [0.1, 0.15) is 0 Å². The van der Waals surface area contributed by atoms with E-state index in [-0.39, 0.29) is 0 Å². The first-order valence-corrected chi connectivity index (χ1v) is 6.24. The van der Waals surface area contributed by atoms with Crippen LogP contribution in [0.3, 0.4) is 0 Å². The summed E-state index contributed by atoms with van der Waals surface area (Å²) in [5.41, 5.74) is 0. The summed E-state index contributed by atoms with van der Waals surface area (Å²) in [5, 5.41) is 0. The molecule has 0 spiro atoms. The van der Waals surface area contributed by atoms with E-state index in [0.717, 1.165) is 18.8 Å². The van der Waals surface area contributed by atoms with Gasteiger partial charge in [0.05, 0.1) is 0 Å². The van der Waals surface area contributed by atoms with Crippen molar-refractivity contribution in [2.45, 2.75) is 32.7 Å². The van der Waals surface area contributed by atoms with Gasteiger partial charge in [-0.1, -0.05) is 6.92 Å². The number of hydrogen-bond donors (Lipinski definition) is 1. The largest absolute Gasteiger partial charge is 0.308 e. The van der Waals surface area contributed by atoms with Gasteiger partial charge in [-0.15, -0.1) is 0 Å². The Bertz CT molecular complexity index is 128. The average molecular weight is 218 g/mol. The van der Waals surface area contributed by atoms with Crippen LogP contribution in [0, 0.1) is 0 Å². The predicted octanol–water partition coefficient (Wildman–Crippen LogP) is 1.97. The summed E-state index contributed by atoms with van der Waals surface area (Å²) in [6.45, 7) is 8.07. The van der Waals surface area contributed by atoms with Crippen LogP contribution in [-0.4, -0.2) is 55.3 Å². The number of rotatable bonds is 8. The quantitative estimate of drug-likeness (QED) is 0.491. The summed E-state index contributed by atoms with van der Waals surface area (Å²) in [7, 11) is 4.27. The maximum Gasteiger partial charge on any atom is 0.0194 e. The first-order chi connectivity index (χ1) is 6.61. The molecule has 0 heterocycles. The molecule has 0 aromatic carbocycles. The summed E-state index contributed by atoms with van der Waals surface area (Å²) >= 11 is 4.23. The Morgan fingerprint density at radius 2 is 1.86 bits per heavy atom. The van der Waals surface area contributed by atoms with Crippen molar-refractivity contribution in [3.8, 4) is 0 Å². The minimum absolute atomic E-state index is 0.662. The fourth-order valence-electron chi connectivity index (χ4n) is 1.76. The van der Waals surface area contributed by atoms with Gasteiger partial charge in [0.15, 0.2) is 0 Å². The van der Waals surface area contributed by atoms with Gasteiger partial charge in [-0.05, 0) is 52.7 Å². The molecule has 0 aliphatic heterocycles. The molecule has 0 aliphatic carbocycles. The maximum atomic E-state index is 4.23. The smallest absolute Gasteiger partial charge is 0.0194 e. The number of thiol groups is 1. The Hall–Kier alpha value is 0.270. The first kappa shape index (κ1) is 14.3. The average Bonchev–Trinajstić information content (AvgIpc) is 2.11. The molecular weight excluding hydrogens is 192 g/mol. The van der Waals surface area contributed by atoms with Gasteiger partial charge in [-0.3, -0.25) is 4.90 Å². The van der Waals surface area contributed by atoms with E-state index in [2.05, 4.69) is 50.4 Å². The standard InChI is InChI=1S/C11H26N2S/c1-5-13(8-6-7-9-14)11(2)10-12(3)4/h11,14H,5-10H2,1-4H3. The van der Waals surface area contributed by atoms with Gasteiger partial charge in [-0.25, -0.2) is 0 Å². The molecule has 1 atom stereocenters. The molecule has 0 N–H and O–H groups in total. The minimum Gasteiger partial charge on any atom is -0.308 e. The van der Waals surface area contributed by atoms with E-state index in [1.54, 1.807) is 0 Å². The molecule has 0 saturated carbocycles. The van der Waals surface area contributed by atoms with Crippen molar-refractivity contribution in [2.24, 2.45) is 0 Å². The highest BCUT2D eigenvalue weighted by Gasteiger charge is 2.11. The molecule has 86 valence electrons. The van der Waals surface area contributed by atoms with Crippen LogP contribution in [0.1, 0.15) is 26.7 Å². The highest BCUT2D eigenvalue weighted by atomic mass is 32.1. The van der Waals surface area contributed by atoms with E-state index in [1.807, 2.05) is 0 Å². The van der Waals surface area contributed by atoms with Crippen LogP contribution in [0.4, 0.5) is 0 Å². The predicted molar refractivity (Wildman–Crippen MR) is 68.4 cm³/mol. The zero-order valence-electron chi connectivity index (χ0n) is 10.2. The zero-order valence-corrected chi connectivity index (χ0v) is 11.1. The molecule has 0 amide bonds. The molecule has 0 aliphatic rings. The van der Waals surface area contributed by atoms with Crippen LogP contribution < -0.4 is 0 Å². The Morgan fingerprint density at radius 3 is 2.29 bits per heavy atom. The van der Waals surface area contributed by atoms with Crippen molar-refractivity contribution in [1.82, 2.24) is 9.80 Å². The van der Waals surface area contributed by atoms with Gasteiger partial charge in [0, 0.05) is 12.6 Å². The van der Waals surface area contributed by atoms with E-state index in [9.17, 15) is 0 Å². The highest BCUT2D eigenvalue weighted by molar-refractivity contribution is 7.80. The molecule has 0 radical (unpaired) electrons. The molecule has 0 fully saturated rings. The number of nitrogens with zero attached hydrogens (tertiary/aromatic N) is 2. The Kier molecular flexibility index (Phi) is 8.73. The lowest BCUT2D eigenvalue weighted by Crippen LogP contribution is -2.40. The molecular formula is C11H26N2S. The van der Waals surface area contributed by atoms with E-state index in [4.69, 9.17) is 0 Å².